The molecule has 0 unspecified atom stereocenters. The number of hydrogen-bond acceptors (Lipinski definition) is 6. The summed E-state index contributed by atoms with van der Waals surface area (Å²) >= 11 is 1.50. The van der Waals surface area contributed by atoms with Gasteiger partial charge in [-0.25, -0.2) is 18.1 Å². The Labute approximate surface area is 154 Å². The fourth-order valence-corrected chi connectivity index (χ4v) is 4.61. The van der Waals surface area contributed by atoms with E-state index in [-0.39, 0.29) is 5.91 Å². The van der Waals surface area contributed by atoms with Crippen LogP contribution in [-0.2, 0) is 21.4 Å². The minimum Gasteiger partial charge on any atom is -0.294 e. The van der Waals surface area contributed by atoms with E-state index in [9.17, 15) is 13.2 Å². The number of carbonyl (C=O) groups is 1. The Hall–Kier alpha value is -1.03. The van der Waals surface area contributed by atoms with Gasteiger partial charge in [0.05, 0.1) is 11.9 Å². The molecule has 2 heterocycles. The lowest BCUT2D eigenvalue weighted by molar-refractivity contribution is -0.116. The summed E-state index contributed by atoms with van der Waals surface area (Å²) < 4.78 is 25.0. The van der Waals surface area contributed by atoms with Crippen LogP contribution in [-0.4, -0.2) is 56.1 Å². The Morgan fingerprint density at radius 3 is 2.88 bits per heavy atom. The monoisotopic (exact) mass is 388 g/mol. The molecule has 1 atom stereocenters. The van der Waals surface area contributed by atoms with Crippen molar-refractivity contribution in [1.82, 2.24) is 14.6 Å². The lowest BCUT2D eigenvalue weighted by atomic mass is 9.99. The third-order valence-electron chi connectivity index (χ3n) is 4.42. The van der Waals surface area contributed by atoms with Gasteiger partial charge in [0.2, 0.25) is 15.9 Å². The number of anilines is 1. The Morgan fingerprint density at radius 2 is 2.24 bits per heavy atom. The van der Waals surface area contributed by atoms with E-state index in [1.54, 1.807) is 11.8 Å². The molecular weight excluding hydrogens is 360 g/mol. The van der Waals surface area contributed by atoms with E-state index in [2.05, 4.69) is 14.6 Å². The third-order valence-corrected chi connectivity index (χ3v) is 6.06. The normalized spacial score (nSPS) is 19.1. The molecule has 2 rings (SSSR count). The van der Waals surface area contributed by atoms with Crippen LogP contribution in [0.25, 0.3) is 0 Å². The first kappa shape index (κ1) is 20.3. The van der Waals surface area contributed by atoms with Crippen LogP contribution in [0.1, 0.15) is 45.2 Å². The minimum atomic E-state index is -3.14. The molecule has 1 amide bonds. The van der Waals surface area contributed by atoms with Gasteiger partial charge in [0, 0.05) is 38.0 Å². The molecule has 142 valence electrons. The van der Waals surface area contributed by atoms with E-state index < -0.39 is 10.0 Å². The van der Waals surface area contributed by atoms with Crippen molar-refractivity contribution in [3.05, 3.63) is 11.1 Å². The molecule has 1 saturated heterocycles. The molecule has 0 aromatic carbocycles. The molecule has 0 saturated carbocycles. The number of sulfonamides is 1. The summed E-state index contributed by atoms with van der Waals surface area (Å²) in [6.07, 6.45) is 5.41. The molecule has 1 aliphatic heterocycles. The predicted octanol–water partition coefficient (Wildman–Crippen LogP) is 1.81. The van der Waals surface area contributed by atoms with Crippen molar-refractivity contribution >= 4 is 32.4 Å². The van der Waals surface area contributed by atoms with E-state index in [4.69, 9.17) is 0 Å². The fourth-order valence-electron chi connectivity index (χ4n) is 3.20. The molecule has 1 fully saturated rings. The standard InChI is InChI=1S/C16H28N4O3S2/c1-4-20(13(2)21)16-18-14(12-24-16)11-19-10-6-5-7-15(19)8-9-17-25(3,22)23/h12,15,17H,4-11H2,1-3H3/t15-/m0/s1. The van der Waals surface area contributed by atoms with Gasteiger partial charge in [0.25, 0.3) is 0 Å². The number of thiazole rings is 1. The second-order valence-electron chi connectivity index (χ2n) is 6.46. The lowest BCUT2D eigenvalue weighted by Crippen LogP contribution is -2.41. The lowest BCUT2D eigenvalue weighted by Gasteiger charge is -2.35. The van der Waals surface area contributed by atoms with Crippen molar-refractivity contribution in [2.75, 3.05) is 30.8 Å². The van der Waals surface area contributed by atoms with E-state index in [0.717, 1.165) is 43.2 Å². The first-order valence-electron chi connectivity index (χ1n) is 8.71. The summed E-state index contributed by atoms with van der Waals surface area (Å²) in [5.41, 5.74) is 0.975. The fraction of sp³-hybridized carbons (Fsp3) is 0.750. The van der Waals surface area contributed by atoms with Crippen molar-refractivity contribution in [3.8, 4) is 0 Å². The first-order valence-corrected chi connectivity index (χ1v) is 11.5. The van der Waals surface area contributed by atoms with Crippen LogP contribution in [0.15, 0.2) is 5.38 Å². The van der Waals surface area contributed by atoms with Crippen molar-refractivity contribution < 1.29 is 13.2 Å². The number of amides is 1. The van der Waals surface area contributed by atoms with Crippen molar-refractivity contribution in [1.29, 1.82) is 0 Å². The number of rotatable bonds is 8. The van der Waals surface area contributed by atoms with Crippen LogP contribution < -0.4 is 9.62 Å². The topological polar surface area (TPSA) is 82.6 Å². The molecule has 9 heteroatoms. The maximum Gasteiger partial charge on any atom is 0.225 e. The molecule has 1 aromatic heterocycles. The average molecular weight is 389 g/mol. The van der Waals surface area contributed by atoms with Crippen molar-refractivity contribution in [2.24, 2.45) is 0 Å². The molecule has 0 aliphatic carbocycles. The highest BCUT2D eigenvalue weighted by Gasteiger charge is 2.24. The van der Waals surface area contributed by atoms with Gasteiger partial charge in [-0.1, -0.05) is 6.42 Å². The maximum atomic E-state index is 11.7. The van der Waals surface area contributed by atoms with Crippen LogP contribution in [0.3, 0.4) is 0 Å². The number of carbonyl (C=O) groups excluding carboxylic acids is 1. The van der Waals surface area contributed by atoms with Gasteiger partial charge in [-0.15, -0.1) is 11.3 Å². The first-order chi connectivity index (χ1) is 11.8. The zero-order valence-corrected chi connectivity index (χ0v) is 16.8. The number of likely N-dealkylation sites (tertiary alicyclic amines) is 1. The molecule has 0 radical (unpaired) electrons. The third kappa shape index (κ3) is 6.32. The number of piperidine rings is 1. The van der Waals surface area contributed by atoms with Gasteiger partial charge in [-0.3, -0.25) is 14.6 Å². The van der Waals surface area contributed by atoms with Gasteiger partial charge in [-0.2, -0.15) is 0 Å². The Bertz CT molecular complexity index is 675. The molecule has 7 nitrogen and oxygen atoms in total. The Balaban J connectivity index is 1.96. The summed E-state index contributed by atoms with van der Waals surface area (Å²) in [5, 5.41) is 2.76. The van der Waals surface area contributed by atoms with Crippen molar-refractivity contribution in [3.63, 3.8) is 0 Å². The number of aromatic nitrogens is 1. The van der Waals surface area contributed by atoms with Crippen LogP contribution in [0.2, 0.25) is 0 Å². The summed E-state index contributed by atoms with van der Waals surface area (Å²) in [4.78, 5) is 20.3. The van der Waals surface area contributed by atoms with Crippen molar-refractivity contribution in [2.45, 2.75) is 52.1 Å². The minimum absolute atomic E-state index is 0.00565. The van der Waals surface area contributed by atoms with Gasteiger partial charge in [-0.05, 0) is 32.7 Å². The molecule has 1 aliphatic rings. The van der Waals surface area contributed by atoms with Gasteiger partial charge < -0.3 is 0 Å². The highest BCUT2D eigenvalue weighted by Crippen LogP contribution is 2.25. The molecule has 0 spiro atoms. The highest BCUT2D eigenvalue weighted by atomic mass is 32.2. The van der Waals surface area contributed by atoms with E-state index in [1.165, 1.54) is 24.0 Å². The Kier molecular flexibility index (Phi) is 7.36. The number of nitrogens with zero attached hydrogens (tertiary/aromatic N) is 3. The molecule has 0 bridgehead atoms. The summed E-state index contributed by atoms with van der Waals surface area (Å²) in [7, 11) is -3.14. The maximum absolute atomic E-state index is 11.7. The van der Waals surface area contributed by atoms with Crippen LogP contribution in [0.4, 0.5) is 5.13 Å². The predicted molar refractivity (Wildman–Crippen MR) is 101 cm³/mol. The SMILES string of the molecule is CCN(C(C)=O)c1nc(CN2CCCC[C@H]2CCNS(C)(=O)=O)cs1. The van der Waals surface area contributed by atoms with E-state index in [0.29, 0.717) is 19.1 Å². The zero-order valence-electron chi connectivity index (χ0n) is 15.2. The molecule has 25 heavy (non-hydrogen) atoms. The molecule has 1 N–H and O–H groups in total. The van der Waals surface area contributed by atoms with E-state index >= 15 is 0 Å². The summed E-state index contributed by atoms with van der Waals surface area (Å²) in [6, 6.07) is 0.364. The highest BCUT2D eigenvalue weighted by molar-refractivity contribution is 7.88. The summed E-state index contributed by atoms with van der Waals surface area (Å²) in [5.74, 6) is 0.00565. The quantitative estimate of drug-likeness (QED) is 0.734. The molecule has 1 aromatic rings. The number of hydrogen-bond donors (Lipinski definition) is 1. The zero-order chi connectivity index (χ0) is 18.4. The van der Waals surface area contributed by atoms with Crippen LogP contribution >= 0.6 is 11.3 Å². The number of nitrogens with one attached hydrogen (secondary N) is 1. The average Bonchev–Trinajstić information content (AvgIpc) is 2.96. The summed E-state index contributed by atoms with van der Waals surface area (Å²) in [6.45, 7) is 6.33. The second-order valence-corrected chi connectivity index (χ2v) is 9.13. The largest absolute Gasteiger partial charge is 0.294 e. The van der Waals surface area contributed by atoms with Gasteiger partial charge >= 0.3 is 0 Å². The van der Waals surface area contributed by atoms with E-state index in [1.807, 2.05) is 12.3 Å². The molecular formula is C16H28N4O3S2. The second kappa shape index (κ2) is 9.07. The van der Waals surface area contributed by atoms with Gasteiger partial charge in [0.15, 0.2) is 5.13 Å². The Morgan fingerprint density at radius 1 is 1.48 bits per heavy atom. The van der Waals surface area contributed by atoms with Crippen LogP contribution in [0.5, 0.6) is 0 Å². The van der Waals surface area contributed by atoms with Gasteiger partial charge in [0.1, 0.15) is 0 Å². The smallest absolute Gasteiger partial charge is 0.225 e. The van der Waals surface area contributed by atoms with Crippen LogP contribution in [0, 0.1) is 0 Å².